The van der Waals surface area contributed by atoms with Gasteiger partial charge in [-0.1, -0.05) is 68.8 Å². The van der Waals surface area contributed by atoms with E-state index < -0.39 is 11.5 Å². The molecule has 0 saturated carbocycles. The molecule has 2 saturated heterocycles. The summed E-state index contributed by atoms with van der Waals surface area (Å²) in [5, 5.41) is 4.27. The molecule has 8 nitrogen and oxygen atoms in total. The Balaban J connectivity index is 1.15. The molecular formula is C33H33ClN4O4. The molecule has 0 aliphatic carbocycles. The average Bonchev–Trinajstić information content (AvgIpc) is 3.70. The number of aromatic nitrogens is 1. The normalized spacial score (nSPS) is 18.8. The number of hydrogen-bond acceptors (Lipinski definition) is 4. The molecule has 2 N–H and O–H groups in total. The highest BCUT2D eigenvalue weighted by Gasteiger charge is 2.50. The van der Waals surface area contributed by atoms with Gasteiger partial charge in [0.15, 0.2) is 0 Å². The van der Waals surface area contributed by atoms with Gasteiger partial charge in [-0.25, -0.2) is 0 Å². The van der Waals surface area contributed by atoms with Gasteiger partial charge in [0.2, 0.25) is 5.91 Å². The van der Waals surface area contributed by atoms with E-state index in [1.807, 2.05) is 80.3 Å². The van der Waals surface area contributed by atoms with Gasteiger partial charge in [0.25, 0.3) is 11.8 Å². The van der Waals surface area contributed by atoms with E-state index in [0.29, 0.717) is 47.3 Å². The summed E-state index contributed by atoms with van der Waals surface area (Å²) in [5.41, 5.74) is 1.12. The molecule has 3 atom stereocenters. The minimum absolute atomic E-state index is 0.133. The quantitative estimate of drug-likeness (QED) is 0.296. The second-order valence-electron chi connectivity index (χ2n) is 12.1. The predicted octanol–water partition coefficient (Wildman–Crippen LogP) is 5.88. The van der Waals surface area contributed by atoms with Crippen LogP contribution in [0, 0.1) is 5.41 Å². The topological polar surface area (TPSA) is 94.7 Å². The number of para-hydroxylation sites is 2. The maximum Gasteiger partial charge on any atom is 0.268 e. The molecular weight excluding hydrogens is 552 g/mol. The first-order valence-corrected chi connectivity index (χ1v) is 14.5. The third-order valence-electron chi connectivity index (χ3n) is 8.09. The smallest absolute Gasteiger partial charge is 0.268 e. The lowest BCUT2D eigenvalue weighted by atomic mass is 9.85. The van der Waals surface area contributed by atoms with Crippen molar-refractivity contribution in [2.75, 3.05) is 13.1 Å². The average molecular weight is 585 g/mol. The number of fused-ring (bicyclic) bond motifs is 3. The molecule has 1 unspecified atom stereocenters. The van der Waals surface area contributed by atoms with Crippen molar-refractivity contribution in [3.05, 3.63) is 95.1 Å². The number of benzene rings is 3. The van der Waals surface area contributed by atoms with E-state index in [2.05, 4.69) is 10.3 Å². The molecule has 1 aromatic heterocycles. The van der Waals surface area contributed by atoms with Gasteiger partial charge in [-0.3, -0.25) is 14.4 Å². The maximum atomic E-state index is 13.9. The van der Waals surface area contributed by atoms with Gasteiger partial charge in [-0.15, -0.1) is 0 Å². The number of nitrogens with one attached hydrogen (secondary N) is 2. The molecule has 6 rings (SSSR count). The number of H-pyrrole nitrogens is 1. The Labute approximate surface area is 249 Å². The number of carbonyl (C=O) groups excluding carboxylic acids is 3. The van der Waals surface area contributed by atoms with Crippen LogP contribution in [0.5, 0.6) is 11.5 Å². The number of piperazine rings is 1. The fraction of sp³-hybridized carbons (Fsp3) is 0.303. The van der Waals surface area contributed by atoms with E-state index >= 15 is 0 Å². The van der Waals surface area contributed by atoms with E-state index in [1.54, 1.807) is 29.2 Å². The van der Waals surface area contributed by atoms with Crippen molar-refractivity contribution in [1.29, 1.82) is 0 Å². The Morgan fingerprint density at radius 3 is 2.29 bits per heavy atom. The van der Waals surface area contributed by atoms with E-state index in [9.17, 15) is 14.4 Å². The first-order chi connectivity index (χ1) is 20.1. The van der Waals surface area contributed by atoms with Crippen molar-refractivity contribution in [1.82, 2.24) is 20.1 Å². The number of likely N-dealkylation sites (tertiary alicyclic amines) is 2. The lowest BCUT2D eigenvalue weighted by molar-refractivity contribution is -0.138. The second kappa shape index (κ2) is 10.8. The van der Waals surface area contributed by atoms with Gasteiger partial charge in [-0.05, 0) is 54.3 Å². The van der Waals surface area contributed by atoms with Crippen LogP contribution in [0.2, 0.25) is 5.02 Å². The van der Waals surface area contributed by atoms with Crippen molar-refractivity contribution >= 4 is 40.2 Å². The lowest BCUT2D eigenvalue weighted by Crippen LogP contribution is -2.59. The van der Waals surface area contributed by atoms with Gasteiger partial charge in [-0.2, -0.15) is 0 Å². The van der Waals surface area contributed by atoms with E-state index in [0.717, 1.165) is 10.9 Å². The second-order valence-corrected chi connectivity index (χ2v) is 12.5. The molecule has 0 spiro atoms. The SMILES string of the molecule is CC(C)(C)C(NC(=O)c1cc2ccccc2[nH]1)C(=O)N1C[C@@H]2C[C@H]1CN2C(=O)c1cc(Oc2ccccc2)ccc1Cl. The van der Waals surface area contributed by atoms with Crippen LogP contribution >= 0.6 is 11.6 Å². The molecule has 3 heterocycles. The summed E-state index contributed by atoms with van der Waals surface area (Å²) in [7, 11) is 0. The first kappa shape index (κ1) is 27.8. The zero-order valence-corrected chi connectivity index (χ0v) is 24.5. The zero-order valence-electron chi connectivity index (χ0n) is 23.8. The van der Waals surface area contributed by atoms with Crippen molar-refractivity contribution in [3.8, 4) is 11.5 Å². The number of rotatable bonds is 6. The van der Waals surface area contributed by atoms with Crippen LogP contribution in [-0.2, 0) is 4.79 Å². The Kier molecular flexibility index (Phi) is 7.19. The van der Waals surface area contributed by atoms with Crippen LogP contribution < -0.4 is 10.1 Å². The van der Waals surface area contributed by atoms with Crippen LogP contribution in [0.25, 0.3) is 10.9 Å². The molecule has 0 radical (unpaired) electrons. The van der Waals surface area contributed by atoms with Crippen molar-refractivity contribution in [2.24, 2.45) is 5.41 Å². The maximum absolute atomic E-state index is 13.9. The van der Waals surface area contributed by atoms with Gasteiger partial charge in [0, 0.05) is 24.0 Å². The van der Waals surface area contributed by atoms with E-state index in [1.165, 1.54) is 0 Å². The molecule has 2 aliphatic heterocycles. The first-order valence-electron chi connectivity index (χ1n) is 14.1. The van der Waals surface area contributed by atoms with Crippen LogP contribution in [0.3, 0.4) is 0 Å². The van der Waals surface area contributed by atoms with Crippen molar-refractivity contribution in [3.63, 3.8) is 0 Å². The molecule has 9 heteroatoms. The molecule has 216 valence electrons. The lowest BCUT2D eigenvalue weighted by Gasteiger charge is -2.39. The molecule has 3 amide bonds. The molecule has 2 fully saturated rings. The highest BCUT2D eigenvalue weighted by atomic mass is 35.5. The largest absolute Gasteiger partial charge is 0.457 e. The molecule has 2 bridgehead atoms. The minimum Gasteiger partial charge on any atom is -0.457 e. The summed E-state index contributed by atoms with van der Waals surface area (Å²) in [6, 6.07) is 22.9. The Hall–Kier alpha value is -4.30. The molecule has 4 aromatic rings. The third-order valence-corrected chi connectivity index (χ3v) is 8.42. The number of carbonyl (C=O) groups is 3. The fourth-order valence-electron chi connectivity index (χ4n) is 5.92. The third kappa shape index (κ3) is 5.34. The zero-order chi connectivity index (χ0) is 29.6. The number of amides is 3. The van der Waals surface area contributed by atoms with Crippen LogP contribution in [0.4, 0.5) is 0 Å². The summed E-state index contributed by atoms with van der Waals surface area (Å²) in [6.07, 6.45) is 0.683. The molecule has 42 heavy (non-hydrogen) atoms. The van der Waals surface area contributed by atoms with Crippen molar-refractivity contribution in [2.45, 2.75) is 45.3 Å². The Morgan fingerprint density at radius 2 is 1.60 bits per heavy atom. The van der Waals surface area contributed by atoms with Gasteiger partial charge < -0.3 is 24.8 Å². The number of hydrogen-bond donors (Lipinski definition) is 2. The van der Waals surface area contributed by atoms with Crippen LogP contribution in [0.1, 0.15) is 48.0 Å². The molecule has 2 aliphatic rings. The van der Waals surface area contributed by atoms with Gasteiger partial charge in [0.05, 0.1) is 22.7 Å². The Morgan fingerprint density at radius 1 is 0.905 bits per heavy atom. The number of aromatic amines is 1. The summed E-state index contributed by atoms with van der Waals surface area (Å²) in [4.78, 5) is 47.5. The van der Waals surface area contributed by atoms with Crippen LogP contribution in [-0.4, -0.2) is 63.7 Å². The predicted molar refractivity (Wildman–Crippen MR) is 162 cm³/mol. The van der Waals surface area contributed by atoms with E-state index in [4.69, 9.17) is 16.3 Å². The van der Waals surface area contributed by atoms with E-state index in [-0.39, 0.29) is 29.8 Å². The van der Waals surface area contributed by atoms with Gasteiger partial charge >= 0.3 is 0 Å². The van der Waals surface area contributed by atoms with Crippen LogP contribution in [0.15, 0.2) is 78.9 Å². The number of halogens is 1. The minimum atomic E-state index is -0.735. The Bertz CT molecular complexity index is 1630. The highest BCUT2D eigenvalue weighted by Crippen LogP contribution is 2.36. The van der Waals surface area contributed by atoms with Crippen molar-refractivity contribution < 1.29 is 19.1 Å². The summed E-state index contributed by atoms with van der Waals surface area (Å²) in [6.45, 7) is 6.64. The number of ether oxygens (including phenoxy) is 1. The summed E-state index contributed by atoms with van der Waals surface area (Å²) in [5.74, 6) is 0.541. The fourth-order valence-corrected chi connectivity index (χ4v) is 6.11. The molecule has 3 aromatic carbocycles. The van der Waals surface area contributed by atoms with Gasteiger partial charge in [0.1, 0.15) is 23.2 Å². The number of nitrogens with zero attached hydrogens (tertiary/aromatic N) is 2. The monoisotopic (exact) mass is 584 g/mol. The summed E-state index contributed by atoms with van der Waals surface area (Å²) >= 11 is 6.46. The standard InChI is InChI=1S/C33H33ClN4O4/c1-33(2,3)29(36-30(39)28-15-20-9-7-8-12-27(20)35-28)32(41)38-19-21-16-22(38)18-37(21)31(40)25-17-24(13-14-26(25)34)42-23-10-5-4-6-11-23/h4-15,17,21-22,29,35H,16,18-19H2,1-3H3,(H,36,39)/t21-,22-,29?/m0/s1. The highest BCUT2D eigenvalue weighted by molar-refractivity contribution is 6.33. The summed E-state index contributed by atoms with van der Waals surface area (Å²) < 4.78 is 5.92.